The Kier molecular flexibility index (Phi) is 7.19. The van der Waals surface area contributed by atoms with E-state index in [4.69, 9.17) is 10.7 Å². The smallest absolute Gasteiger partial charge is 0.228 e. The Morgan fingerprint density at radius 1 is 1.10 bits per heavy atom. The number of hydrogen-bond acceptors (Lipinski definition) is 7. The summed E-state index contributed by atoms with van der Waals surface area (Å²) in [5.41, 5.74) is 13.0. The second-order valence-corrected chi connectivity index (χ2v) is 10.8. The lowest BCUT2D eigenvalue weighted by atomic mass is 9.93. The summed E-state index contributed by atoms with van der Waals surface area (Å²) in [5.74, 6) is 1.44. The zero-order chi connectivity index (χ0) is 28.5. The van der Waals surface area contributed by atoms with Gasteiger partial charge in [-0.1, -0.05) is 56.3 Å². The van der Waals surface area contributed by atoms with Gasteiger partial charge in [0.05, 0.1) is 36.4 Å². The second kappa shape index (κ2) is 11.1. The van der Waals surface area contributed by atoms with Crippen LogP contribution in [0.25, 0.3) is 33.1 Å². The second-order valence-electron chi connectivity index (χ2n) is 10.8. The molecule has 0 aliphatic heterocycles. The maximum Gasteiger partial charge on any atom is 0.228 e. The van der Waals surface area contributed by atoms with Crippen LogP contribution >= 0.6 is 0 Å². The van der Waals surface area contributed by atoms with Crippen molar-refractivity contribution in [1.29, 1.82) is 0 Å². The molecular formula is C32H34N8O. The summed E-state index contributed by atoms with van der Waals surface area (Å²) in [5, 5.41) is 8.27. The number of anilines is 2. The monoisotopic (exact) mass is 546 g/mol. The Hall–Kier alpha value is -4.63. The average Bonchev–Trinajstić information content (AvgIpc) is 3.40. The highest BCUT2D eigenvalue weighted by Crippen LogP contribution is 2.38. The van der Waals surface area contributed by atoms with Crippen LogP contribution in [0.4, 0.5) is 11.5 Å². The number of nitrogen functional groups attached to an aromatic ring is 1. The van der Waals surface area contributed by atoms with Gasteiger partial charge in [0.2, 0.25) is 5.91 Å². The quantitative estimate of drug-likeness (QED) is 0.250. The van der Waals surface area contributed by atoms with Crippen LogP contribution in [0.15, 0.2) is 67.4 Å². The molecule has 0 saturated carbocycles. The molecule has 0 radical (unpaired) electrons. The Labute approximate surface area is 239 Å². The largest absolute Gasteiger partial charge is 0.382 e. The maximum absolute atomic E-state index is 12.9. The molecule has 1 atom stereocenters. The molecule has 6 rings (SSSR count). The van der Waals surface area contributed by atoms with E-state index in [1.54, 1.807) is 12.4 Å². The van der Waals surface area contributed by atoms with Crippen molar-refractivity contribution in [2.24, 2.45) is 0 Å². The van der Waals surface area contributed by atoms with Gasteiger partial charge in [-0.25, -0.2) is 19.9 Å². The Morgan fingerprint density at radius 2 is 1.88 bits per heavy atom. The van der Waals surface area contributed by atoms with Crippen molar-refractivity contribution in [3.63, 3.8) is 0 Å². The van der Waals surface area contributed by atoms with E-state index in [9.17, 15) is 4.79 Å². The number of allylic oxidation sites excluding steroid dienone is 1. The SMILES string of the molecule is CNC1CC=C(c2cnc(N)c3c(-c4ccc(CC(=O)Nc5cncnc5)c5ccccc45)nc(C(C)C)n23)CC1. The first kappa shape index (κ1) is 26.6. The van der Waals surface area contributed by atoms with Crippen LogP contribution < -0.4 is 16.4 Å². The van der Waals surface area contributed by atoms with Gasteiger partial charge in [-0.3, -0.25) is 9.20 Å². The fourth-order valence-corrected chi connectivity index (χ4v) is 5.76. The molecular weight excluding hydrogens is 512 g/mol. The summed E-state index contributed by atoms with van der Waals surface area (Å²) < 4.78 is 2.21. The molecule has 9 nitrogen and oxygen atoms in total. The highest BCUT2D eigenvalue weighted by atomic mass is 16.1. The van der Waals surface area contributed by atoms with Gasteiger partial charge in [0.15, 0.2) is 0 Å². The molecule has 41 heavy (non-hydrogen) atoms. The lowest BCUT2D eigenvalue weighted by Gasteiger charge is -2.22. The van der Waals surface area contributed by atoms with Gasteiger partial charge in [-0.15, -0.1) is 0 Å². The van der Waals surface area contributed by atoms with Crippen molar-refractivity contribution < 1.29 is 4.79 Å². The predicted octanol–water partition coefficient (Wildman–Crippen LogP) is 5.38. The van der Waals surface area contributed by atoms with E-state index in [1.807, 2.05) is 43.6 Å². The molecule has 1 unspecified atom stereocenters. The van der Waals surface area contributed by atoms with Gasteiger partial charge in [-0.2, -0.15) is 0 Å². The summed E-state index contributed by atoms with van der Waals surface area (Å²) in [6, 6.07) is 12.7. The molecule has 4 N–H and O–H groups in total. The number of imidazole rings is 1. The topological polar surface area (TPSA) is 123 Å². The van der Waals surface area contributed by atoms with Crippen molar-refractivity contribution in [2.75, 3.05) is 18.1 Å². The highest BCUT2D eigenvalue weighted by molar-refractivity contribution is 6.04. The molecule has 1 aliphatic carbocycles. The number of benzene rings is 2. The Bertz CT molecular complexity index is 1770. The minimum absolute atomic E-state index is 0.133. The van der Waals surface area contributed by atoms with Gasteiger partial charge in [0.25, 0.3) is 0 Å². The van der Waals surface area contributed by atoms with Crippen LogP contribution in [0.5, 0.6) is 0 Å². The van der Waals surface area contributed by atoms with E-state index in [-0.39, 0.29) is 18.2 Å². The zero-order valence-electron chi connectivity index (χ0n) is 23.6. The molecule has 0 saturated heterocycles. The summed E-state index contributed by atoms with van der Waals surface area (Å²) in [7, 11) is 2.02. The standard InChI is InChI=1S/C32H34N8O/c1-19(2)32-39-29(30-31(33)37-17-27(40(30)32)20-8-11-22(34-3)12-9-20)26-13-10-21(24-6-4-5-7-25(24)26)14-28(41)38-23-15-35-18-36-16-23/h4-8,10,13,15-19,22,34H,9,11-12,14H2,1-3H3,(H2,33,37)(H,38,41). The maximum atomic E-state index is 12.9. The Balaban J connectivity index is 1.47. The van der Waals surface area contributed by atoms with Crippen molar-refractivity contribution in [1.82, 2.24) is 29.7 Å². The third kappa shape index (κ3) is 5.04. The fraction of sp³-hybridized carbons (Fsp3) is 0.281. The minimum atomic E-state index is -0.133. The summed E-state index contributed by atoms with van der Waals surface area (Å²) >= 11 is 0. The van der Waals surface area contributed by atoms with Crippen molar-refractivity contribution in [2.45, 2.75) is 51.5 Å². The fourth-order valence-electron chi connectivity index (χ4n) is 5.76. The molecule has 1 aliphatic rings. The van der Waals surface area contributed by atoms with E-state index < -0.39 is 0 Å². The highest BCUT2D eigenvalue weighted by Gasteiger charge is 2.25. The van der Waals surface area contributed by atoms with Crippen LogP contribution in [-0.4, -0.2) is 43.3 Å². The third-order valence-corrected chi connectivity index (χ3v) is 7.84. The van der Waals surface area contributed by atoms with E-state index in [2.05, 4.69) is 56.0 Å². The average molecular weight is 547 g/mol. The number of nitrogens with zero attached hydrogens (tertiary/aromatic N) is 5. The molecule has 9 heteroatoms. The van der Waals surface area contributed by atoms with Crippen LogP contribution in [0.3, 0.4) is 0 Å². The van der Waals surface area contributed by atoms with E-state index >= 15 is 0 Å². The number of rotatable bonds is 7. The first-order chi connectivity index (χ1) is 19.9. The number of nitrogens with one attached hydrogen (secondary N) is 2. The summed E-state index contributed by atoms with van der Waals surface area (Å²) in [4.78, 5) is 30.7. The van der Waals surface area contributed by atoms with Gasteiger partial charge in [-0.05, 0) is 48.2 Å². The first-order valence-electron chi connectivity index (χ1n) is 14.0. The number of fused-ring (bicyclic) bond motifs is 2. The predicted molar refractivity (Wildman–Crippen MR) is 163 cm³/mol. The molecule has 2 aromatic carbocycles. The number of aromatic nitrogens is 5. The summed E-state index contributed by atoms with van der Waals surface area (Å²) in [6.07, 6.45) is 12.0. The van der Waals surface area contributed by atoms with Crippen molar-refractivity contribution in [3.05, 3.63) is 84.5 Å². The molecule has 208 valence electrons. The molecule has 3 heterocycles. The van der Waals surface area contributed by atoms with Crippen LogP contribution in [0.2, 0.25) is 0 Å². The van der Waals surface area contributed by atoms with Crippen molar-refractivity contribution in [3.8, 4) is 11.3 Å². The zero-order valence-corrected chi connectivity index (χ0v) is 23.6. The number of nitrogens with two attached hydrogens (primary N) is 1. The van der Waals surface area contributed by atoms with Gasteiger partial charge in [0.1, 0.15) is 29.2 Å². The van der Waals surface area contributed by atoms with Gasteiger partial charge < -0.3 is 16.4 Å². The number of carbonyl (C=O) groups excluding carboxylic acids is 1. The molecule has 1 amide bonds. The van der Waals surface area contributed by atoms with Crippen LogP contribution in [-0.2, 0) is 11.2 Å². The number of hydrogen-bond donors (Lipinski definition) is 3. The van der Waals surface area contributed by atoms with Crippen LogP contribution in [0, 0.1) is 0 Å². The van der Waals surface area contributed by atoms with E-state index in [0.29, 0.717) is 17.5 Å². The van der Waals surface area contributed by atoms with E-state index in [1.165, 1.54) is 11.9 Å². The van der Waals surface area contributed by atoms with Gasteiger partial charge in [0, 0.05) is 17.5 Å². The summed E-state index contributed by atoms with van der Waals surface area (Å²) in [6.45, 7) is 4.31. The normalized spacial score (nSPS) is 15.4. The molecule has 5 aromatic rings. The first-order valence-corrected chi connectivity index (χ1v) is 14.0. The Morgan fingerprint density at radius 3 is 2.59 bits per heavy atom. The number of amides is 1. The molecule has 0 spiro atoms. The molecule has 0 fully saturated rings. The van der Waals surface area contributed by atoms with E-state index in [0.717, 1.165) is 63.9 Å². The third-order valence-electron chi connectivity index (χ3n) is 7.84. The lowest BCUT2D eigenvalue weighted by Crippen LogP contribution is -2.26. The lowest BCUT2D eigenvalue weighted by molar-refractivity contribution is -0.115. The van der Waals surface area contributed by atoms with Crippen molar-refractivity contribution >= 4 is 39.3 Å². The van der Waals surface area contributed by atoms with Gasteiger partial charge >= 0.3 is 0 Å². The minimum Gasteiger partial charge on any atom is -0.382 e. The van der Waals surface area contributed by atoms with Crippen LogP contribution in [0.1, 0.15) is 56.1 Å². The molecule has 3 aromatic heterocycles. The number of carbonyl (C=O) groups is 1. The molecule has 0 bridgehead atoms.